The normalized spacial score (nSPS) is 9.95. The summed E-state index contributed by atoms with van der Waals surface area (Å²) in [6, 6.07) is 3.83. The van der Waals surface area contributed by atoms with E-state index in [0.717, 1.165) is 19.2 Å². The summed E-state index contributed by atoms with van der Waals surface area (Å²) in [5.74, 6) is -1.70. The largest absolute Gasteiger partial charge is 0.355 e. The van der Waals surface area contributed by atoms with Crippen molar-refractivity contribution in [3.05, 3.63) is 35.4 Å². The van der Waals surface area contributed by atoms with Gasteiger partial charge in [-0.15, -0.1) is 12.4 Å². The molecule has 114 valence electrons. The topological polar surface area (TPSA) is 41.1 Å². The summed E-state index contributed by atoms with van der Waals surface area (Å²) in [7, 11) is 0. The molecule has 0 unspecified atom stereocenters. The number of hydrogen-bond donors (Lipinski definition) is 2. The Labute approximate surface area is 124 Å². The first-order valence-electron chi connectivity index (χ1n) is 6.54. The Morgan fingerprint density at radius 3 is 2.60 bits per heavy atom. The minimum atomic E-state index is -0.843. The molecule has 0 aromatic heterocycles. The van der Waals surface area contributed by atoms with E-state index in [4.69, 9.17) is 0 Å². The van der Waals surface area contributed by atoms with Crippen molar-refractivity contribution in [2.24, 2.45) is 0 Å². The van der Waals surface area contributed by atoms with Gasteiger partial charge in [0.05, 0.1) is 0 Å². The molecule has 0 aliphatic rings. The number of carbonyl (C=O) groups is 1. The highest BCUT2D eigenvalue weighted by molar-refractivity contribution is 5.85. The van der Waals surface area contributed by atoms with Crippen LogP contribution in [0.25, 0.3) is 0 Å². The molecule has 0 fully saturated rings. The van der Waals surface area contributed by atoms with Gasteiger partial charge in [-0.25, -0.2) is 8.78 Å². The zero-order chi connectivity index (χ0) is 14.1. The van der Waals surface area contributed by atoms with Gasteiger partial charge in [-0.1, -0.05) is 13.0 Å². The number of carbonyl (C=O) groups excluding carboxylic acids is 1. The Kier molecular flexibility index (Phi) is 9.94. The fourth-order valence-electron chi connectivity index (χ4n) is 1.70. The highest BCUT2D eigenvalue weighted by Crippen LogP contribution is 2.11. The zero-order valence-electron chi connectivity index (χ0n) is 11.5. The van der Waals surface area contributed by atoms with Crippen LogP contribution in [0.3, 0.4) is 0 Å². The number of likely N-dealkylation sites (N-methyl/N-ethyl adjacent to an activating group) is 1. The number of amides is 1. The van der Waals surface area contributed by atoms with Crippen LogP contribution in [0.4, 0.5) is 8.78 Å². The minimum absolute atomic E-state index is 0. The third kappa shape index (κ3) is 7.40. The molecule has 0 aliphatic heterocycles. The second-order valence-electron chi connectivity index (χ2n) is 4.31. The lowest BCUT2D eigenvalue weighted by Gasteiger charge is -2.06. The van der Waals surface area contributed by atoms with Gasteiger partial charge in [0.15, 0.2) is 11.6 Å². The molecular weight excluding hydrogens is 286 g/mol. The van der Waals surface area contributed by atoms with Crippen molar-refractivity contribution < 1.29 is 13.6 Å². The number of benzene rings is 1. The van der Waals surface area contributed by atoms with Crippen LogP contribution in [0.2, 0.25) is 0 Å². The van der Waals surface area contributed by atoms with E-state index in [-0.39, 0.29) is 18.3 Å². The predicted molar refractivity (Wildman–Crippen MR) is 78.1 cm³/mol. The van der Waals surface area contributed by atoms with Gasteiger partial charge in [0.2, 0.25) is 5.91 Å². The van der Waals surface area contributed by atoms with E-state index < -0.39 is 11.6 Å². The average Bonchev–Trinajstić information content (AvgIpc) is 2.39. The second kappa shape index (κ2) is 10.6. The van der Waals surface area contributed by atoms with E-state index >= 15 is 0 Å². The quantitative estimate of drug-likeness (QED) is 0.724. The van der Waals surface area contributed by atoms with Crippen LogP contribution in [0, 0.1) is 11.6 Å². The molecule has 0 radical (unpaired) electrons. The number of aryl methyl sites for hydroxylation is 1. The van der Waals surface area contributed by atoms with Gasteiger partial charge in [0.25, 0.3) is 0 Å². The summed E-state index contributed by atoms with van der Waals surface area (Å²) >= 11 is 0. The van der Waals surface area contributed by atoms with Crippen molar-refractivity contribution >= 4 is 18.3 Å². The standard InChI is InChI=1S/C14H20F2N2O.ClH/c1-2-17-8-9-18-14(19)5-3-4-11-6-7-12(15)13(16)10-11;/h6-7,10,17H,2-5,8-9H2,1H3,(H,18,19);1H. The van der Waals surface area contributed by atoms with Gasteiger partial charge >= 0.3 is 0 Å². The lowest BCUT2D eigenvalue weighted by atomic mass is 10.1. The Bertz CT molecular complexity index is 416. The van der Waals surface area contributed by atoms with Crippen LogP contribution in [-0.2, 0) is 11.2 Å². The zero-order valence-corrected chi connectivity index (χ0v) is 12.4. The molecule has 0 spiro atoms. The molecule has 20 heavy (non-hydrogen) atoms. The molecule has 3 nitrogen and oxygen atoms in total. The second-order valence-corrected chi connectivity index (χ2v) is 4.31. The third-order valence-corrected chi connectivity index (χ3v) is 2.73. The molecule has 0 aliphatic carbocycles. The first-order valence-corrected chi connectivity index (χ1v) is 6.54. The van der Waals surface area contributed by atoms with Crippen molar-refractivity contribution in [2.45, 2.75) is 26.2 Å². The van der Waals surface area contributed by atoms with E-state index in [1.54, 1.807) is 6.07 Å². The lowest BCUT2D eigenvalue weighted by molar-refractivity contribution is -0.121. The highest BCUT2D eigenvalue weighted by atomic mass is 35.5. The molecule has 0 heterocycles. The van der Waals surface area contributed by atoms with E-state index in [2.05, 4.69) is 10.6 Å². The number of hydrogen-bond acceptors (Lipinski definition) is 2. The molecule has 0 saturated carbocycles. The molecule has 6 heteroatoms. The molecule has 2 N–H and O–H groups in total. The van der Waals surface area contributed by atoms with E-state index in [1.807, 2.05) is 6.92 Å². The molecule has 1 aromatic rings. The van der Waals surface area contributed by atoms with Crippen molar-refractivity contribution in [3.63, 3.8) is 0 Å². The summed E-state index contributed by atoms with van der Waals surface area (Å²) in [6.07, 6.45) is 1.58. The maximum Gasteiger partial charge on any atom is 0.220 e. The van der Waals surface area contributed by atoms with Crippen molar-refractivity contribution in [3.8, 4) is 0 Å². The Morgan fingerprint density at radius 2 is 1.95 bits per heavy atom. The van der Waals surface area contributed by atoms with Crippen LogP contribution in [0.1, 0.15) is 25.3 Å². The lowest BCUT2D eigenvalue weighted by Crippen LogP contribution is -2.31. The maximum atomic E-state index is 12.9. The van der Waals surface area contributed by atoms with Gasteiger partial charge < -0.3 is 10.6 Å². The third-order valence-electron chi connectivity index (χ3n) is 2.73. The van der Waals surface area contributed by atoms with Crippen LogP contribution in [-0.4, -0.2) is 25.5 Å². The summed E-state index contributed by atoms with van der Waals surface area (Å²) in [5, 5.41) is 5.89. The van der Waals surface area contributed by atoms with Crippen LogP contribution in [0.5, 0.6) is 0 Å². The molecule has 1 aromatic carbocycles. The van der Waals surface area contributed by atoms with Crippen molar-refractivity contribution in [1.29, 1.82) is 0 Å². The van der Waals surface area contributed by atoms with E-state index in [0.29, 0.717) is 31.4 Å². The molecule has 0 bridgehead atoms. The molecule has 1 rings (SSSR count). The van der Waals surface area contributed by atoms with Gasteiger partial charge in [0.1, 0.15) is 0 Å². The number of nitrogens with one attached hydrogen (secondary N) is 2. The number of halogens is 3. The van der Waals surface area contributed by atoms with Crippen LogP contribution >= 0.6 is 12.4 Å². The van der Waals surface area contributed by atoms with Gasteiger partial charge in [-0.3, -0.25) is 4.79 Å². The van der Waals surface area contributed by atoms with Crippen molar-refractivity contribution in [2.75, 3.05) is 19.6 Å². The van der Waals surface area contributed by atoms with Crippen LogP contribution in [0.15, 0.2) is 18.2 Å². The van der Waals surface area contributed by atoms with Crippen molar-refractivity contribution in [1.82, 2.24) is 10.6 Å². The maximum absolute atomic E-state index is 12.9. The van der Waals surface area contributed by atoms with E-state index in [9.17, 15) is 13.6 Å². The molecule has 1 amide bonds. The van der Waals surface area contributed by atoms with Gasteiger partial charge in [0, 0.05) is 19.5 Å². The molecule has 0 saturated heterocycles. The first kappa shape index (κ1) is 18.8. The number of rotatable bonds is 8. The Balaban J connectivity index is 0.00000361. The Hall–Kier alpha value is -1.20. The van der Waals surface area contributed by atoms with E-state index in [1.165, 1.54) is 6.07 Å². The van der Waals surface area contributed by atoms with Gasteiger partial charge in [-0.2, -0.15) is 0 Å². The fraction of sp³-hybridized carbons (Fsp3) is 0.500. The summed E-state index contributed by atoms with van der Waals surface area (Å²) in [5.41, 5.74) is 0.708. The molecule has 0 atom stereocenters. The minimum Gasteiger partial charge on any atom is -0.355 e. The van der Waals surface area contributed by atoms with Crippen LogP contribution < -0.4 is 10.6 Å². The Morgan fingerprint density at radius 1 is 1.20 bits per heavy atom. The summed E-state index contributed by atoms with van der Waals surface area (Å²) in [4.78, 5) is 11.4. The highest BCUT2D eigenvalue weighted by Gasteiger charge is 2.04. The molecular formula is C14H21ClF2N2O. The summed E-state index contributed by atoms with van der Waals surface area (Å²) in [6.45, 7) is 4.25. The average molecular weight is 307 g/mol. The smallest absolute Gasteiger partial charge is 0.220 e. The summed E-state index contributed by atoms with van der Waals surface area (Å²) < 4.78 is 25.6. The fourth-order valence-corrected chi connectivity index (χ4v) is 1.70. The first-order chi connectivity index (χ1) is 9.13. The predicted octanol–water partition coefficient (Wildman–Crippen LogP) is 2.44. The monoisotopic (exact) mass is 306 g/mol. The van der Waals surface area contributed by atoms with Gasteiger partial charge in [-0.05, 0) is 37.1 Å². The SMILES string of the molecule is CCNCCNC(=O)CCCc1ccc(F)c(F)c1.Cl.